The minimum Gasteiger partial charge on any atom is -0.396 e. The van der Waals surface area contributed by atoms with Gasteiger partial charge in [-0.1, -0.05) is 13.3 Å². The Balaban J connectivity index is 1.64. The van der Waals surface area contributed by atoms with E-state index in [-0.39, 0.29) is 0 Å². The van der Waals surface area contributed by atoms with Crippen LogP contribution in [0.15, 0.2) is 16.4 Å². The van der Waals surface area contributed by atoms with Crippen molar-refractivity contribution in [3.63, 3.8) is 0 Å². The number of aliphatic imine (C=N–C) groups is 1. The van der Waals surface area contributed by atoms with Crippen LogP contribution in [0.1, 0.15) is 45.4 Å². The van der Waals surface area contributed by atoms with Crippen molar-refractivity contribution in [2.24, 2.45) is 16.6 Å². The lowest BCUT2D eigenvalue weighted by Gasteiger charge is -2.41. The van der Waals surface area contributed by atoms with Crippen LogP contribution in [0.25, 0.3) is 0 Å². The summed E-state index contributed by atoms with van der Waals surface area (Å²) in [6.07, 6.45) is 8.06. The number of allylic oxidation sites excluding steroid dienone is 1. The van der Waals surface area contributed by atoms with Crippen molar-refractivity contribution < 1.29 is 4.79 Å². The van der Waals surface area contributed by atoms with E-state index in [9.17, 15) is 4.79 Å². The van der Waals surface area contributed by atoms with Crippen LogP contribution < -0.4 is 5.73 Å². The van der Waals surface area contributed by atoms with Crippen LogP contribution in [-0.2, 0) is 4.79 Å². The van der Waals surface area contributed by atoms with Gasteiger partial charge < -0.3 is 15.5 Å². The maximum atomic E-state index is 11.9. The smallest absolute Gasteiger partial charge is 0.222 e. The Morgan fingerprint density at radius 2 is 2.09 bits per heavy atom. The number of piperidine rings is 1. The number of carbonyl (C=O) groups excluding carboxylic acids is 1. The van der Waals surface area contributed by atoms with E-state index in [1.165, 1.54) is 5.70 Å². The van der Waals surface area contributed by atoms with Crippen molar-refractivity contribution in [1.82, 2.24) is 9.80 Å². The summed E-state index contributed by atoms with van der Waals surface area (Å²) in [5.41, 5.74) is 8.39. The first-order chi connectivity index (χ1) is 10.7. The zero-order chi connectivity index (χ0) is 15.5. The normalized spacial score (nSPS) is 27.1. The summed E-state index contributed by atoms with van der Waals surface area (Å²) in [7, 11) is 0. The Hall–Kier alpha value is -1.52. The molecule has 0 radical (unpaired) electrons. The number of dihydropyridines is 1. The summed E-state index contributed by atoms with van der Waals surface area (Å²) >= 11 is 0. The molecule has 1 unspecified atom stereocenters. The molecule has 0 aromatic carbocycles. The van der Waals surface area contributed by atoms with Gasteiger partial charge in [0.2, 0.25) is 5.91 Å². The zero-order valence-electron chi connectivity index (χ0n) is 13.6. The van der Waals surface area contributed by atoms with E-state index >= 15 is 0 Å². The second-order valence-corrected chi connectivity index (χ2v) is 6.73. The lowest BCUT2D eigenvalue weighted by molar-refractivity contribution is -0.130. The molecule has 2 N–H and O–H groups in total. The molecule has 22 heavy (non-hydrogen) atoms. The van der Waals surface area contributed by atoms with E-state index < -0.39 is 0 Å². The molecule has 0 spiro atoms. The molecule has 0 bridgehead atoms. The Labute approximate surface area is 133 Å². The van der Waals surface area contributed by atoms with Crippen molar-refractivity contribution in [3.8, 4) is 0 Å². The summed E-state index contributed by atoms with van der Waals surface area (Å²) in [5.74, 6) is 0.825. The first kappa shape index (κ1) is 15.4. The number of carbonyl (C=O) groups is 1. The van der Waals surface area contributed by atoms with Gasteiger partial charge in [0.25, 0.3) is 0 Å². The predicted octanol–water partition coefficient (Wildman–Crippen LogP) is 1.74. The molecule has 2 saturated heterocycles. The highest BCUT2D eigenvalue weighted by atomic mass is 16.2. The first-order valence-corrected chi connectivity index (χ1v) is 8.74. The fraction of sp³-hybridized carbons (Fsp3) is 0.765. The quantitative estimate of drug-likeness (QED) is 0.860. The summed E-state index contributed by atoms with van der Waals surface area (Å²) < 4.78 is 0. The van der Waals surface area contributed by atoms with Crippen LogP contribution in [-0.4, -0.2) is 54.1 Å². The van der Waals surface area contributed by atoms with E-state index in [2.05, 4.69) is 21.7 Å². The Kier molecular flexibility index (Phi) is 4.69. The van der Waals surface area contributed by atoms with E-state index in [0.29, 0.717) is 17.9 Å². The average molecular weight is 304 g/mol. The number of amides is 1. The molecular formula is C17H28N4O. The molecule has 3 heterocycles. The molecule has 122 valence electrons. The molecule has 0 aliphatic carbocycles. The SMILES string of the molecule is CCCC1CN=CC(N)=C1N1CCC(N2CCCC2=O)CC1. The summed E-state index contributed by atoms with van der Waals surface area (Å²) in [4.78, 5) is 20.9. The summed E-state index contributed by atoms with van der Waals surface area (Å²) in [5, 5.41) is 0. The molecule has 3 aliphatic rings. The highest BCUT2D eigenvalue weighted by Crippen LogP contribution is 2.30. The van der Waals surface area contributed by atoms with Crippen LogP contribution in [0.2, 0.25) is 0 Å². The standard InChI is InChI=1S/C17H28N4O/c1-2-4-13-11-19-12-15(18)17(13)20-9-6-14(7-10-20)21-8-3-5-16(21)22/h12-14H,2-11,18H2,1H3. The molecule has 1 atom stereocenters. The lowest BCUT2D eigenvalue weighted by Crippen LogP contribution is -2.46. The minimum absolute atomic E-state index is 0.353. The van der Waals surface area contributed by atoms with Crippen molar-refractivity contribution in [2.45, 2.75) is 51.5 Å². The number of likely N-dealkylation sites (tertiary alicyclic amines) is 2. The van der Waals surface area contributed by atoms with Gasteiger partial charge in [0.05, 0.1) is 5.70 Å². The molecule has 5 nitrogen and oxygen atoms in total. The van der Waals surface area contributed by atoms with Gasteiger partial charge in [0.15, 0.2) is 0 Å². The molecule has 0 saturated carbocycles. The lowest BCUT2D eigenvalue weighted by atomic mass is 9.93. The Bertz CT molecular complexity index is 477. The average Bonchev–Trinajstić information content (AvgIpc) is 2.94. The molecule has 0 aromatic heterocycles. The van der Waals surface area contributed by atoms with Crippen molar-refractivity contribution in [2.75, 3.05) is 26.2 Å². The van der Waals surface area contributed by atoms with Gasteiger partial charge in [0.1, 0.15) is 0 Å². The molecule has 2 fully saturated rings. The van der Waals surface area contributed by atoms with Crippen molar-refractivity contribution in [1.29, 1.82) is 0 Å². The van der Waals surface area contributed by atoms with Gasteiger partial charge in [-0.3, -0.25) is 9.79 Å². The van der Waals surface area contributed by atoms with Crippen LogP contribution >= 0.6 is 0 Å². The van der Waals surface area contributed by atoms with Gasteiger partial charge in [-0.15, -0.1) is 0 Å². The third kappa shape index (κ3) is 2.99. The fourth-order valence-corrected chi connectivity index (χ4v) is 4.16. The number of rotatable bonds is 4. The number of hydrogen-bond acceptors (Lipinski definition) is 4. The second kappa shape index (κ2) is 6.71. The molecule has 3 rings (SSSR count). The molecule has 0 aromatic rings. The Morgan fingerprint density at radius 1 is 1.32 bits per heavy atom. The maximum absolute atomic E-state index is 11.9. The van der Waals surface area contributed by atoms with E-state index in [1.54, 1.807) is 0 Å². The number of nitrogens with zero attached hydrogens (tertiary/aromatic N) is 3. The minimum atomic E-state index is 0.353. The van der Waals surface area contributed by atoms with E-state index in [1.807, 2.05) is 6.21 Å². The van der Waals surface area contributed by atoms with Crippen LogP contribution in [0, 0.1) is 5.92 Å². The van der Waals surface area contributed by atoms with E-state index in [0.717, 1.165) is 70.4 Å². The van der Waals surface area contributed by atoms with Crippen molar-refractivity contribution >= 4 is 12.1 Å². The van der Waals surface area contributed by atoms with Crippen molar-refractivity contribution in [3.05, 3.63) is 11.4 Å². The van der Waals surface area contributed by atoms with Gasteiger partial charge in [0, 0.05) is 56.5 Å². The second-order valence-electron chi connectivity index (χ2n) is 6.73. The molecule has 1 amide bonds. The van der Waals surface area contributed by atoms with Crippen LogP contribution in [0.3, 0.4) is 0 Å². The molecular weight excluding hydrogens is 276 g/mol. The van der Waals surface area contributed by atoms with E-state index in [4.69, 9.17) is 5.73 Å². The van der Waals surface area contributed by atoms with Gasteiger partial charge in [-0.2, -0.15) is 0 Å². The van der Waals surface area contributed by atoms with Crippen LogP contribution in [0.4, 0.5) is 0 Å². The largest absolute Gasteiger partial charge is 0.396 e. The van der Waals surface area contributed by atoms with Crippen LogP contribution in [0.5, 0.6) is 0 Å². The number of hydrogen-bond donors (Lipinski definition) is 1. The van der Waals surface area contributed by atoms with Gasteiger partial charge in [-0.25, -0.2) is 0 Å². The van der Waals surface area contributed by atoms with Gasteiger partial charge in [-0.05, 0) is 25.7 Å². The highest BCUT2D eigenvalue weighted by molar-refractivity contribution is 5.79. The third-order valence-corrected chi connectivity index (χ3v) is 5.23. The monoisotopic (exact) mass is 304 g/mol. The zero-order valence-corrected chi connectivity index (χ0v) is 13.6. The topological polar surface area (TPSA) is 61.9 Å². The molecule has 5 heteroatoms. The molecule has 3 aliphatic heterocycles. The summed E-state index contributed by atoms with van der Waals surface area (Å²) in [6, 6.07) is 0.440. The highest BCUT2D eigenvalue weighted by Gasteiger charge is 2.33. The third-order valence-electron chi connectivity index (χ3n) is 5.23. The summed E-state index contributed by atoms with van der Waals surface area (Å²) in [6.45, 7) is 6.07. The predicted molar refractivity (Wildman–Crippen MR) is 88.5 cm³/mol. The fourth-order valence-electron chi connectivity index (χ4n) is 4.16. The maximum Gasteiger partial charge on any atom is 0.222 e. The van der Waals surface area contributed by atoms with Gasteiger partial charge >= 0.3 is 0 Å². The Morgan fingerprint density at radius 3 is 2.73 bits per heavy atom. The number of nitrogens with two attached hydrogens (primary N) is 1. The first-order valence-electron chi connectivity index (χ1n) is 8.74.